The van der Waals surface area contributed by atoms with Crippen molar-refractivity contribution in [3.8, 4) is 0 Å². The number of nitrogens with zero attached hydrogens (tertiary/aromatic N) is 3. The Hall–Kier alpha value is -1.63. The van der Waals surface area contributed by atoms with Crippen molar-refractivity contribution in [3.63, 3.8) is 0 Å². The van der Waals surface area contributed by atoms with Crippen molar-refractivity contribution >= 4 is 28.4 Å². The molecule has 1 aromatic heterocycles. The van der Waals surface area contributed by atoms with E-state index in [-0.39, 0.29) is 11.3 Å². The summed E-state index contributed by atoms with van der Waals surface area (Å²) in [4.78, 5) is 16.9. The van der Waals surface area contributed by atoms with E-state index in [2.05, 4.69) is 28.9 Å². The highest BCUT2D eigenvalue weighted by Crippen LogP contribution is 2.46. The summed E-state index contributed by atoms with van der Waals surface area (Å²) in [5.74, 6) is 0.572. The van der Waals surface area contributed by atoms with Gasteiger partial charge in [-0.25, -0.2) is 0 Å². The second kappa shape index (κ2) is 8.25. The van der Waals surface area contributed by atoms with Gasteiger partial charge in [0, 0.05) is 29.1 Å². The number of nitrogens with one attached hydrogen (secondary N) is 1. The van der Waals surface area contributed by atoms with E-state index in [1.165, 1.54) is 12.8 Å². The van der Waals surface area contributed by atoms with Gasteiger partial charge in [0.25, 0.3) is 0 Å². The molecular weight excluding hydrogens is 388 g/mol. The third kappa shape index (κ3) is 4.16. The molecule has 0 spiro atoms. The van der Waals surface area contributed by atoms with Crippen molar-refractivity contribution in [1.82, 2.24) is 20.0 Å². The second-order valence-corrected chi connectivity index (χ2v) is 9.63. The Balaban J connectivity index is 1.42. The fourth-order valence-electron chi connectivity index (χ4n) is 4.99. The fraction of sp³-hybridized carbons (Fsp3) is 0.636. The standard InChI is InChI=1S/C22H31ClN4O2/c1-22(2,21(29)18-12-17(23)11-15-13-24-25-20(15)18)16-5-9-27(10-6-16)19(28)14-26-7-3-4-8-26/h11-13,16,21,29H,3-10,14H2,1-2H3,(H,24,25). The normalized spacial score (nSPS) is 20.5. The van der Waals surface area contributed by atoms with Gasteiger partial charge in [-0.1, -0.05) is 25.4 Å². The number of H-pyrrole nitrogens is 1. The topological polar surface area (TPSA) is 72.5 Å². The average molecular weight is 419 g/mol. The SMILES string of the molecule is CC(C)(C1CCN(C(=O)CN2CCCC2)CC1)C(O)c1cc(Cl)cc2cn[nH]c12. The van der Waals surface area contributed by atoms with Crippen molar-refractivity contribution in [1.29, 1.82) is 0 Å². The molecule has 0 bridgehead atoms. The lowest BCUT2D eigenvalue weighted by Crippen LogP contribution is -2.46. The van der Waals surface area contributed by atoms with Gasteiger partial charge in [-0.15, -0.1) is 0 Å². The number of halogens is 1. The highest BCUT2D eigenvalue weighted by Gasteiger charge is 2.40. The second-order valence-electron chi connectivity index (χ2n) is 9.19. The van der Waals surface area contributed by atoms with Crippen LogP contribution in [0.2, 0.25) is 5.02 Å². The van der Waals surface area contributed by atoms with E-state index in [0.29, 0.717) is 17.5 Å². The summed E-state index contributed by atoms with van der Waals surface area (Å²) in [6.45, 7) is 8.41. The third-order valence-corrected chi connectivity index (χ3v) is 7.22. The van der Waals surface area contributed by atoms with Crippen molar-refractivity contribution in [2.75, 3.05) is 32.7 Å². The third-order valence-electron chi connectivity index (χ3n) is 7.00. The van der Waals surface area contributed by atoms with Crippen LogP contribution in [0.1, 0.15) is 51.2 Å². The van der Waals surface area contributed by atoms with Gasteiger partial charge in [-0.05, 0) is 62.2 Å². The van der Waals surface area contributed by atoms with Crippen LogP contribution in [0.5, 0.6) is 0 Å². The average Bonchev–Trinajstić information content (AvgIpc) is 3.38. The summed E-state index contributed by atoms with van der Waals surface area (Å²) in [5, 5.41) is 19.9. The maximum atomic E-state index is 12.6. The predicted octanol–water partition coefficient (Wildman–Crippen LogP) is 3.61. The van der Waals surface area contributed by atoms with Gasteiger partial charge in [-0.3, -0.25) is 14.8 Å². The Labute approximate surface area is 177 Å². The molecule has 1 aromatic carbocycles. The Kier molecular flexibility index (Phi) is 5.87. The van der Waals surface area contributed by atoms with Gasteiger partial charge in [-0.2, -0.15) is 5.10 Å². The van der Waals surface area contributed by atoms with E-state index in [1.807, 2.05) is 17.0 Å². The van der Waals surface area contributed by atoms with Crippen LogP contribution in [0.4, 0.5) is 0 Å². The van der Waals surface area contributed by atoms with Gasteiger partial charge >= 0.3 is 0 Å². The zero-order chi connectivity index (χ0) is 20.6. The molecule has 2 aliphatic heterocycles. The van der Waals surface area contributed by atoms with Crippen LogP contribution in [0, 0.1) is 11.3 Å². The number of aliphatic hydroxyl groups excluding tert-OH is 1. The molecule has 7 heteroatoms. The van der Waals surface area contributed by atoms with Crippen LogP contribution in [0.15, 0.2) is 18.3 Å². The number of carbonyl (C=O) groups is 1. The molecule has 158 valence electrons. The van der Waals surface area contributed by atoms with Crippen LogP contribution in [-0.4, -0.2) is 63.7 Å². The Morgan fingerprint density at radius 2 is 1.97 bits per heavy atom. The van der Waals surface area contributed by atoms with Crippen LogP contribution >= 0.6 is 11.6 Å². The van der Waals surface area contributed by atoms with E-state index >= 15 is 0 Å². The molecule has 1 amide bonds. The summed E-state index contributed by atoms with van der Waals surface area (Å²) in [6, 6.07) is 3.69. The van der Waals surface area contributed by atoms with Crippen molar-refractivity contribution in [2.24, 2.45) is 11.3 Å². The molecule has 1 atom stereocenters. The Morgan fingerprint density at radius 1 is 1.28 bits per heavy atom. The molecule has 6 nitrogen and oxygen atoms in total. The van der Waals surface area contributed by atoms with Crippen LogP contribution < -0.4 is 0 Å². The molecule has 2 saturated heterocycles. The summed E-state index contributed by atoms with van der Waals surface area (Å²) >= 11 is 6.28. The molecule has 2 N–H and O–H groups in total. The number of hydrogen-bond donors (Lipinski definition) is 2. The molecule has 29 heavy (non-hydrogen) atoms. The van der Waals surface area contributed by atoms with Crippen LogP contribution in [0.3, 0.4) is 0 Å². The number of rotatable bonds is 5. The first-order valence-electron chi connectivity index (χ1n) is 10.7. The van der Waals surface area contributed by atoms with Gasteiger partial charge in [0.15, 0.2) is 0 Å². The van der Waals surface area contributed by atoms with E-state index < -0.39 is 6.10 Å². The maximum Gasteiger partial charge on any atom is 0.236 e. The minimum atomic E-state index is -0.666. The van der Waals surface area contributed by atoms with Gasteiger partial charge in [0.2, 0.25) is 5.91 Å². The Bertz CT molecular complexity index is 867. The van der Waals surface area contributed by atoms with Crippen molar-refractivity contribution in [3.05, 3.63) is 28.9 Å². The molecule has 4 rings (SSSR count). The minimum absolute atomic E-state index is 0.248. The number of aromatic amines is 1. The Morgan fingerprint density at radius 3 is 2.66 bits per heavy atom. The van der Waals surface area contributed by atoms with E-state index in [4.69, 9.17) is 11.6 Å². The quantitative estimate of drug-likeness (QED) is 0.777. The first kappa shape index (κ1) is 20.6. The van der Waals surface area contributed by atoms with Gasteiger partial charge < -0.3 is 10.0 Å². The van der Waals surface area contributed by atoms with Crippen LogP contribution in [0.25, 0.3) is 10.9 Å². The number of piperidine rings is 1. The molecule has 0 radical (unpaired) electrons. The molecule has 1 unspecified atom stereocenters. The van der Waals surface area contributed by atoms with E-state index in [9.17, 15) is 9.90 Å². The molecule has 3 heterocycles. The summed E-state index contributed by atoms with van der Waals surface area (Å²) in [7, 11) is 0. The monoisotopic (exact) mass is 418 g/mol. The molecular formula is C22H31ClN4O2. The first-order valence-corrected chi connectivity index (χ1v) is 11.0. The lowest BCUT2D eigenvalue weighted by atomic mass is 9.68. The number of carbonyl (C=O) groups excluding carboxylic acids is 1. The molecule has 2 fully saturated rings. The highest BCUT2D eigenvalue weighted by molar-refractivity contribution is 6.31. The molecule has 0 saturated carbocycles. The van der Waals surface area contributed by atoms with E-state index in [0.717, 1.165) is 55.5 Å². The number of benzene rings is 1. The summed E-state index contributed by atoms with van der Waals surface area (Å²) in [6.07, 6.45) is 5.28. The largest absolute Gasteiger partial charge is 0.388 e. The van der Waals surface area contributed by atoms with Gasteiger partial charge in [0.1, 0.15) is 0 Å². The fourth-order valence-corrected chi connectivity index (χ4v) is 5.23. The van der Waals surface area contributed by atoms with Crippen molar-refractivity contribution < 1.29 is 9.90 Å². The minimum Gasteiger partial charge on any atom is -0.388 e. The maximum absolute atomic E-state index is 12.6. The highest BCUT2D eigenvalue weighted by atomic mass is 35.5. The number of aliphatic hydroxyl groups is 1. The lowest BCUT2D eigenvalue weighted by molar-refractivity contribution is -0.134. The number of hydrogen-bond acceptors (Lipinski definition) is 4. The van der Waals surface area contributed by atoms with Crippen molar-refractivity contribution in [2.45, 2.75) is 45.6 Å². The number of likely N-dealkylation sites (tertiary alicyclic amines) is 2. The predicted molar refractivity (Wildman–Crippen MR) is 115 cm³/mol. The summed E-state index contributed by atoms with van der Waals surface area (Å²) in [5.41, 5.74) is 1.29. The van der Waals surface area contributed by atoms with Crippen LogP contribution in [-0.2, 0) is 4.79 Å². The first-order chi connectivity index (χ1) is 13.9. The molecule has 0 aliphatic carbocycles. The zero-order valence-electron chi connectivity index (χ0n) is 17.3. The number of aromatic nitrogens is 2. The number of fused-ring (bicyclic) bond motifs is 1. The van der Waals surface area contributed by atoms with Gasteiger partial charge in [0.05, 0.1) is 24.4 Å². The number of amides is 1. The summed E-state index contributed by atoms with van der Waals surface area (Å²) < 4.78 is 0. The molecule has 2 aliphatic rings. The smallest absolute Gasteiger partial charge is 0.236 e. The zero-order valence-corrected chi connectivity index (χ0v) is 18.1. The lowest BCUT2D eigenvalue weighted by Gasteiger charge is -2.43. The van der Waals surface area contributed by atoms with E-state index in [1.54, 1.807) is 6.20 Å². The molecule has 2 aromatic rings.